The number of para-hydroxylation sites is 1. The van der Waals surface area contributed by atoms with E-state index in [1.165, 1.54) is 4.90 Å². The second kappa shape index (κ2) is 6.69. The van der Waals surface area contributed by atoms with Gasteiger partial charge in [0, 0.05) is 25.9 Å². The van der Waals surface area contributed by atoms with Gasteiger partial charge in [-0.2, -0.15) is 13.2 Å². The molecule has 1 unspecified atom stereocenters. The summed E-state index contributed by atoms with van der Waals surface area (Å²) in [6.07, 6.45) is -4.05. The van der Waals surface area contributed by atoms with E-state index in [1.807, 2.05) is 0 Å². The van der Waals surface area contributed by atoms with E-state index in [2.05, 4.69) is 0 Å². The lowest BCUT2D eigenvalue weighted by Gasteiger charge is -2.37. The van der Waals surface area contributed by atoms with Gasteiger partial charge in [-0.05, 0) is 25.0 Å². The fraction of sp³-hybridized carbons (Fsp3) is 0.556. The van der Waals surface area contributed by atoms with Crippen molar-refractivity contribution in [1.82, 2.24) is 4.90 Å². The van der Waals surface area contributed by atoms with Crippen LogP contribution in [-0.2, 0) is 4.79 Å². The number of hydrogen-bond donors (Lipinski definition) is 0. The maximum atomic E-state index is 12.4. The van der Waals surface area contributed by atoms with Crippen molar-refractivity contribution in [2.24, 2.45) is 0 Å². The number of ketones is 1. The minimum absolute atomic E-state index is 0.0127. The van der Waals surface area contributed by atoms with E-state index in [0.717, 1.165) is 0 Å². The summed E-state index contributed by atoms with van der Waals surface area (Å²) in [6.45, 7) is 0.712. The Hall–Kier alpha value is -2.05. The zero-order chi connectivity index (χ0) is 18.1. The summed E-state index contributed by atoms with van der Waals surface area (Å²) < 4.78 is 43.0. The fourth-order valence-electron chi connectivity index (χ4n) is 3.55. The van der Waals surface area contributed by atoms with E-state index < -0.39 is 30.5 Å². The quantitative estimate of drug-likeness (QED) is 0.812. The standard InChI is InChI=1S/C18H20F3NO3/c19-18(20,21)8-6-16(24)22-10-3-7-17(9-11-22)12-14(23)13-4-1-2-5-15(13)25-17/h1-2,4-5H,3,6-12H2. The van der Waals surface area contributed by atoms with Gasteiger partial charge < -0.3 is 9.64 Å². The zero-order valence-electron chi connectivity index (χ0n) is 13.8. The maximum Gasteiger partial charge on any atom is 0.389 e. The van der Waals surface area contributed by atoms with Crippen molar-refractivity contribution in [3.63, 3.8) is 0 Å². The molecule has 136 valence electrons. The van der Waals surface area contributed by atoms with Crippen molar-refractivity contribution >= 4 is 11.7 Å². The van der Waals surface area contributed by atoms with Crippen LogP contribution >= 0.6 is 0 Å². The normalized spacial score (nSPS) is 23.8. The molecule has 0 saturated carbocycles. The molecule has 1 spiro atoms. The lowest BCUT2D eigenvalue weighted by atomic mass is 9.84. The minimum Gasteiger partial charge on any atom is -0.486 e. The predicted octanol–water partition coefficient (Wildman–Crippen LogP) is 3.75. The number of benzene rings is 1. The molecule has 1 aromatic rings. The van der Waals surface area contributed by atoms with Crippen LogP contribution in [0.15, 0.2) is 24.3 Å². The van der Waals surface area contributed by atoms with Crippen LogP contribution in [0.4, 0.5) is 13.2 Å². The van der Waals surface area contributed by atoms with Gasteiger partial charge in [0.15, 0.2) is 5.78 Å². The Bertz CT molecular complexity index is 674. The number of nitrogens with zero attached hydrogens (tertiary/aromatic N) is 1. The number of alkyl halides is 3. The molecular weight excluding hydrogens is 335 g/mol. The Morgan fingerprint density at radius 2 is 1.96 bits per heavy atom. The Labute approximate surface area is 143 Å². The molecule has 3 rings (SSSR count). The third-order valence-electron chi connectivity index (χ3n) is 4.87. The highest BCUT2D eigenvalue weighted by atomic mass is 19.4. The van der Waals surface area contributed by atoms with Crippen molar-refractivity contribution in [3.05, 3.63) is 29.8 Å². The average Bonchev–Trinajstić information content (AvgIpc) is 2.75. The van der Waals surface area contributed by atoms with Crippen LogP contribution in [0.2, 0.25) is 0 Å². The molecule has 2 aliphatic rings. The van der Waals surface area contributed by atoms with Crippen LogP contribution in [0.1, 0.15) is 48.9 Å². The largest absolute Gasteiger partial charge is 0.486 e. The first kappa shape index (κ1) is 17.8. The fourth-order valence-corrected chi connectivity index (χ4v) is 3.55. The smallest absolute Gasteiger partial charge is 0.389 e. The molecule has 1 atom stereocenters. The molecule has 0 bridgehead atoms. The van der Waals surface area contributed by atoms with E-state index in [9.17, 15) is 22.8 Å². The van der Waals surface area contributed by atoms with Crippen LogP contribution in [0.25, 0.3) is 0 Å². The van der Waals surface area contributed by atoms with Crippen LogP contribution in [0.3, 0.4) is 0 Å². The summed E-state index contributed by atoms with van der Waals surface area (Å²) in [5.41, 5.74) is -0.0969. The molecule has 0 radical (unpaired) electrons. The highest BCUT2D eigenvalue weighted by molar-refractivity contribution is 6.00. The lowest BCUT2D eigenvalue weighted by Crippen LogP contribution is -2.43. The number of amides is 1. The Kier molecular flexibility index (Phi) is 4.75. The second-order valence-corrected chi connectivity index (χ2v) is 6.73. The molecule has 2 heterocycles. The maximum absolute atomic E-state index is 12.4. The Balaban J connectivity index is 1.66. The number of hydrogen-bond acceptors (Lipinski definition) is 3. The van der Waals surface area contributed by atoms with Gasteiger partial charge in [0.25, 0.3) is 0 Å². The van der Waals surface area contributed by atoms with Gasteiger partial charge in [-0.25, -0.2) is 0 Å². The Morgan fingerprint density at radius 1 is 1.20 bits per heavy atom. The van der Waals surface area contributed by atoms with Crippen molar-refractivity contribution in [2.75, 3.05) is 13.1 Å². The van der Waals surface area contributed by atoms with Crippen LogP contribution in [0.5, 0.6) is 5.75 Å². The van der Waals surface area contributed by atoms with Crippen molar-refractivity contribution < 1.29 is 27.5 Å². The molecule has 4 nitrogen and oxygen atoms in total. The summed E-state index contributed by atoms with van der Waals surface area (Å²) in [7, 11) is 0. The van der Waals surface area contributed by atoms with Crippen molar-refractivity contribution in [1.29, 1.82) is 0 Å². The topological polar surface area (TPSA) is 46.6 Å². The molecule has 1 saturated heterocycles. The van der Waals surface area contributed by atoms with E-state index >= 15 is 0 Å². The van der Waals surface area contributed by atoms with Gasteiger partial charge in [-0.1, -0.05) is 12.1 Å². The first-order chi connectivity index (χ1) is 11.8. The SMILES string of the molecule is O=C1CC2(CCCN(C(=O)CCC(F)(F)F)CC2)Oc2ccccc21. The van der Waals surface area contributed by atoms with Gasteiger partial charge in [-0.3, -0.25) is 9.59 Å². The van der Waals surface area contributed by atoms with E-state index in [4.69, 9.17) is 4.74 Å². The number of rotatable bonds is 2. The number of carbonyl (C=O) groups excluding carboxylic acids is 2. The monoisotopic (exact) mass is 355 g/mol. The lowest BCUT2D eigenvalue weighted by molar-refractivity contribution is -0.149. The number of fused-ring (bicyclic) bond motifs is 1. The summed E-state index contributed by atoms with van der Waals surface area (Å²) >= 11 is 0. The van der Waals surface area contributed by atoms with E-state index in [0.29, 0.717) is 43.7 Å². The molecule has 0 aromatic heterocycles. The van der Waals surface area contributed by atoms with Crippen molar-refractivity contribution in [2.45, 2.75) is 50.3 Å². The first-order valence-corrected chi connectivity index (χ1v) is 8.44. The van der Waals surface area contributed by atoms with Gasteiger partial charge in [0.2, 0.25) is 5.91 Å². The predicted molar refractivity (Wildman–Crippen MR) is 84.5 cm³/mol. The van der Waals surface area contributed by atoms with Crippen LogP contribution < -0.4 is 4.74 Å². The van der Waals surface area contributed by atoms with Gasteiger partial charge >= 0.3 is 6.18 Å². The average molecular weight is 355 g/mol. The van der Waals surface area contributed by atoms with Crippen LogP contribution in [-0.4, -0.2) is 41.5 Å². The summed E-state index contributed by atoms with van der Waals surface area (Å²) in [5.74, 6) is 0.0752. The van der Waals surface area contributed by atoms with E-state index in [1.54, 1.807) is 24.3 Å². The number of likely N-dealkylation sites (tertiary alicyclic amines) is 1. The van der Waals surface area contributed by atoms with E-state index in [-0.39, 0.29) is 12.2 Å². The number of ether oxygens (including phenoxy) is 1. The summed E-state index contributed by atoms with van der Waals surface area (Å²) in [5, 5.41) is 0. The molecule has 0 aliphatic carbocycles. The van der Waals surface area contributed by atoms with Crippen LogP contribution in [0, 0.1) is 0 Å². The number of halogens is 3. The molecule has 7 heteroatoms. The third-order valence-corrected chi connectivity index (χ3v) is 4.87. The summed E-state index contributed by atoms with van der Waals surface area (Å²) in [6, 6.07) is 7.07. The zero-order valence-corrected chi connectivity index (χ0v) is 13.8. The highest BCUT2D eigenvalue weighted by Crippen LogP contribution is 2.39. The minimum atomic E-state index is -4.33. The molecule has 1 aromatic carbocycles. The second-order valence-electron chi connectivity index (χ2n) is 6.73. The van der Waals surface area contributed by atoms with Gasteiger partial charge in [0.05, 0.1) is 18.4 Å². The molecule has 0 N–H and O–H groups in total. The molecule has 25 heavy (non-hydrogen) atoms. The van der Waals surface area contributed by atoms with Gasteiger partial charge in [-0.15, -0.1) is 0 Å². The highest BCUT2D eigenvalue weighted by Gasteiger charge is 2.42. The molecule has 1 fully saturated rings. The number of carbonyl (C=O) groups is 2. The molecule has 2 aliphatic heterocycles. The van der Waals surface area contributed by atoms with Crippen molar-refractivity contribution in [3.8, 4) is 5.75 Å². The number of Topliss-reactive ketones (excluding diaryl/α,β-unsaturated/α-hetero) is 1. The molecular formula is C18H20F3NO3. The summed E-state index contributed by atoms with van der Waals surface area (Å²) in [4.78, 5) is 25.9. The van der Waals surface area contributed by atoms with Gasteiger partial charge in [0.1, 0.15) is 11.4 Å². The molecule has 1 amide bonds. The third kappa shape index (κ3) is 4.14. The Morgan fingerprint density at radius 3 is 2.72 bits per heavy atom. The first-order valence-electron chi connectivity index (χ1n) is 8.44.